The molecule has 128 valence electrons. The second-order valence-electron chi connectivity index (χ2n) is 6.77. The van der Waals surface area contributed by atoms with Crippen molar-refractivity contribution in [3.05, 3.63) is 51.6 Å². The Morgan fingerprint density at radius 1 is 1.21 bits per heavy atom. The highest BCUT2D eigenvalue weighted by Gasteiger charge is 2.24. The molecule has 1 N–H and O–H groups in total. The van der Waals surface area contributed by atoms with Crippen molar-refractivity contribution in [2.75, 3.05) is 6.54 Å². The lowest BCUT2D eigenvalue weighted by molar-refractivity contribution is -0.121. The largest absolute Gasteiger partial charge is 0.352 e. The molecule has 1 amide bonds. The highest BCUT2D eigenvalue weighted by molar-refractivity contribution is 6.31. The van der Waals surface area contributed by atoms with Gasteiger partial charge in [0.05, 0.1) is 0 Å². The number of carbonyl (C=O) groups excluding carboxylic acids is 1. The number of halogens is 1. The molecule has 0 unspecified atom stereocenters. The number of benzene rings is 1. The molecule has 0 aromatic heterocycles. The van der Waals surface area contributed by atoms with Gasteiger partial charge in [-0.1, -0.05) is 56.0 Å². The van der Waals surface area contributed by atoms with E-state index in [1.54, 1.807) is 0 Å². The number of carbonyl (C=O) groups is 1. The first-order chi connectivity index (χ1) is 11.7. The molecule has 1 aromatic rings. The van der Waals surface area contributed by atoms with Crippen LogP contribution < -0.4 is 5.32 Å². The molecule has 0 fully saturated rings. The quantitative estimate of drug-likeness (QED) is 0.674. The SMILES string of the molecule is CCCCCCC(=O)NCC1=C2C=CCc3ccc(Cl)c(c32)CC1. The molecule has 0 radical (unpaired) electrons. The number of nitrogens with one attached hydrogen (secondary N) is 1. The zero-order valence-corrected chi connectivity index (χ0v) is 15.2. The van der Waals surface area contributed by atoms with Gasteiger partial charge < -0.3 is 5.32 Å². The van der Waals surface area contributed by atoms with Crippen LogP contribution in [0.4, 0.5) is 0 Å². The van der Waals surface area contributed by atoms with Crippen LogP contribution in [0.1, 0.15) is 62.1 Å². The lowest BCUT2D eigenvalue weighted by Gasteiger charge is -2.27. The van der Waals surface area contributed by atoms with Gasteiger partial charge >= 0.3 is 0 Å². The van der Waals surface area contributed by atoms with Gasteiger partial charge in [0.2, 0.25) is 5.91 Å². The molecule has 2 aliphatic rings. The molecule has 0 heterocycles. The van der Waals surface area contributed by atoms with Crippen LogP contribution in [0.5, 0.6) is 0 Å². The monoisotopic (exact) mass is 343 g/mol. The summed E-state index contributed by atoms with van der Waals surface area (Å²) in [7, 11) is 0. The Morgan fingerprint density at radius 3 is 2.92 bits per heavy atom. The minimum absolute atomic E-state index is 0.177. The van der Waals surface area contributed by atoms with Crippen molar-refractivity contribution in [1.29, 1.82) is 0 Å². The Labute approximate surface area is 150 Å². The number of amides is 1. The van der Waals surface area contributed by atoms with Gasteiger partial charge in [0.25, 0.3) is 0 Å². The summed E-state index contributed by atoms with van der Waals surface area (Å²) in [6.45, 7) is 2.85. The lowest BCUT2D eigenvalue weighted by atomic mass is 9.79. The second kappa shape index (κ2) is 8.02. The van der Waals surface area contributed by atoms with Crippen LogP contribution in [-0.4, -0.2) is 12.5 Å². The van der Waals surface area contributed by atoms with E-state index < -0.39 is 0 Å². The zero-order chi connectivity index (χ0) is 16.9. The van der Waals surface area contributed by atoms with E-state index in [0.29, 0.717) is 13.0 Å². The minimum Gasteiger partial charge on any atom is -0.352 e. The Balaban J connectivity index is 1.68. The van der Waals surface area contributed by atoms with E-state index >= 15 is 0 Å². The van der Waals surface area contributed by atoms with E-state index in [4.69, 9.17) is 11.6 Å². The fourth-order valence-electron chi connectivity index (χ4n) is 3.70. The summed E-state index contributed by atoms with van der Waals surface area (Å²) in [5.41, 5.74) is 6.58. The lowest BCUT2D eigenvalue weighted by Crippen LogP contribution is -2.27. The summed E-state index contributed by atoms with van der Waals surface area (Å²) < 4.78 is 0. The standard InChI is InChI=1S/C21H26ClNO/c1-2-3-4-5-9-20(24)23-14-16-10-12-18-19(22)13-11-15-7-6-8-17(16)21(15)18/h6,8,11,13H,2-5,7,9-10,12,14H2,1H3,(H,23,24). The summed E-state index contributed by atoms with van der Waals surface area (Å²) in [6, 6.07) is 4.16. The predicted molar refractivity (Wildman–Crippen MR) is 101 cm³/mol. The molecule has 0 aliphatic heterocycles. The zero-order valence-electron chi connectivity index (χ0n) is 14.5. The van der Waals surface area contributed by atoms with Crippen LogP contribution in [-0.2, 0) is 17.6 Å². The smallest absolute Gasteiger partial charge is 0.220 e. The van der Waals surface area contributed by atoms with E-state index in [0.717, 1.165) is 37.1 Å². The summed E-state index contributed by atoms with van der Waals surface area (Å²) >= 11 is 6.40. The molecule has 2 nitrogen and oxygen atoms in total. The number of hydrogen-bond donors (Lipinski definition) is 1. The molecular formula is C21H26ClNO. The van der Waals surface area contributed by atoms with Crippen LogP contribution in [0, 0.1) is 0 Å². The summed E-state index contributed by atoms with van der Waals surface area (Å²) in [5.74, 6) is 0.177. The van der Waals surface area contributed by atoms with Gasteiger partial charge in [-0.15, -0.1) is 0 Å². The third-order valence-electron chi connectivity index (χ3n) is 5.05. The molecular weight excluding hydrogens is 318 g/mol. The third kappa shape index (κ3) is 3.75. The first-order valence-corrected chi connectivity index (χ1v) is 9.54. The molecule has 0 bridgehead atoms. The molecule has 0 saturated carbocycles. The van der Waals surface area contributed by atoms with Gasteiger partial charge in [-0.25, -0.2) is 0 Å². The second-order valence-corrected chi connectivity index (χ2v) is 7.18. The molecule has 24 heavy (non-hydrogen) atoms. The topological polar surface area (TPSA) is 29.1 Å². The fraction of sp³-hybridized carbons (Fsp3) is 0.476. The maximum Gasteiger partial charge on any atom is 0.220 e. The van der Waals surface area contributed by atoms with Crippen molar-refractivity contribution < 1.29 is 4.79 Å². The highest BCUT2D eigenvalue weighted by atomic mass is 35.5. The van der Waals surface area contributed by atoms with Gasteiger partial charge in [-0.2, -0.15) is 0 Å². The Morgan fingerprint density at radius 2 is 2.08 bits per heavy atom. The predicted octanol–water partition coefficient (Wildman–Crippen LogP) is 5.24. The maximum atomic E-state index is 12.1. The minimum atomic E-state index is 0.177. The van der Waals surface area contributed by atoms with Crippen molar-refractivity contribution in [2.45, 2.75) is 58.3 Å². The molecule has 0 saturated heterocycles. The van der Waals surface area contributed by atoms with Gasteiger partial charge in [0.15, 0.2) is 0 Å². The van der Waals surface area contributed by atoms with Crippen LogP contribution in [0.2, 0.25) is 5.02 Å². The Kier molecular flexibility index (Phi) is 5.78. The highest BCUT2D eigenvalue weighted by Crippen LogP contribution is 2.40. The summed E-state index contributed by atoms with van der Waals surface area (Å²) in [5, 5.41) is 3.99. The van der Waals surface area contributed by atoms with E-state index in [1.165, 1.54) is 40.7 Å². The van der Waals surface area contributed by atoms with E-state index in [9.17, 15) is 4.79 Å². The van der Waals surface area contributed by atoms with Crippen molar-refractivity contribution in [2.24, 2.45) is 0 Å². The molecule has 3 heteroatoms. The molecule has 1 aromatic carbocycles. The van der Waals surface area contributed by atoms with Crippen LogP contribution in [0.3, 0.4) is 0 Å². The van der Waals surface area contributed by atoms with Crippen molar-refractivity contribution in [3.63, 3.8) is 0 Å². The van der Waals surface area contributed by atoms with Gasteiger partial charge in [0.1, 0.15) is 0 Å². The summed E-state index contributed by atoms with van der Waals surface area (Å²) in [6.07, 6.45) is 12.6. The van der Waals surface area contributed by atoms with Crippen LogP contribution in [0.25, 0.3) is 5.57 Å². The van der Waals surface area contributed by atoms with Crippen molar-refractivity contribution >= 4 is 23.1 Å². The third-order valence-corrected chi connectivity index (χ3v) is 5.40. The van der Waals surface area contributed by atoms with E-state index in [2.05, 4.69) is 30.5 Å². The van der Waals surface area contributed by atoms with Crippen molar-refractivity contribution in [3.8, 4) is 0 Å². The summed E-state index contributed by atoms with van der Waals surface area (Å²) in [4.78, 5) is 12.1. The normalized spacial score (nSPS) is 15.4. The average Bonchev–Trinajstić information content (AvgIpc) is 2.60. The van der Waals surface area contributed by atoms with E-state index in [1.807, 2.05) is 6.07 Å². The number of rotatable bonds is 7. The first kappa shape index (κ1) is 17.3. The van der Waals surface area contributed by atoms with Crippen LogP contribution >= 0.6 is 11.6 Å². The van der Waals surface area contributed by atoms with E-state index in [-0.39, 0.29) is 5.91 Å². The van der Waals surface area contributed by atoms with Crippen LogP contribution in [0.15, 0.2) is 29.9 Å². The van der Waals surface area contributed by atoms with Gasteiger partial charge in [0, 0.05) is 18.0 Å². The van der Waals surface area contributed by atoms with Gasteiger partial charge in [-0.3, -0.25) is 4.79 Å². The molecule has 0 spiro atoms. The number of hydrogen-bond acceptors (Lipinski definition) is 1. The van der Waals surface area contributed by atoms with Crippen molar-refractivity contribution in [1.82, 2.24) is 5.32 Å². The first-order valence-electron chi connectivity index (χ1n) is 9.16. The Hall–Kier alpha value is -1.54. The maximum absolute atomic E-state index is 12.1. The molecule has 3 rings (SSSR count). The average molecular weight is 344 g/mol. The fourth-order valence-corrected chi connectivity index (χ4v) is 3.95. The Bertz CT molecular complexity index is 687. The number of unbranched alkanes of at least 4 members (excludes halogenated alkanes) is 3. The number of allylic oxidation sites excluding steroid dienone is 3. The van der Waals surface area contributed by atoms with Gasteiger partial charge in [-0.05, 0) is 59.6 Å². The molecule has 2 aliphatic carbocycles. The molecule has 0 atom stereocenters.